The fourth-order valence-electron chi connectivity index (χ4n) is 1.26. The van der Waals surface area contributed by atoms with Gasteiger partial charge in [-0.15, -0.1) is 0 Å². The zero-order valence-electron chi connectivity index (χ0n) is 8.96. The van der Waals surface area contributed by atoms with E-state index in [1.807, 2.05) is 24.6 Å². The molecule has 0 aliphatic rings. The van der Waals surface area contributed by atoms with E-state index in [-0.39, 0.29) is 0 Å². The van der Waals surface area contributed by atoms with Crippen LogP contribution in [0.15, 0.2) is 21.3 Å². The topological polar surface area (TPSA) is 30.7 Å². The summed E-state index contributed by atoms with van der Waals surface area (Å²) in [6.07, 6.45) is 1.77. The van der Waals surface area contributed by atoms with E-state index < -0.39 is 0 Å². The van der Waals surface area contributed by atoms with Crippen LogP contribution in [0.25, 0.3) is 11.0 Å². The van der Waals surface area contributed by atoms with Gasteiger partial charge in [-0.05, 0) is 44.8 Å². The van der Waals surface area contributed by atoms with Gasteiger partial charge < -0.3 is 0 Å². The van der Waals surface area contributed by atoms with E-state index in [9.17, 15) is 0 Å². The Kier molecular flexibility index (Phi) is 4.73. The number of rotatable bonds is 1. The normalized spacial score (nSPS) is 9.93. The Bertz CT molecular complexity index is 451. The monoisotopic (exact) mass is 333 g/mol. The van der Waals surface area contributed by atoms with Gasteiger partial charge in [0, 0.05) is 11.0 Å². The molecule has 0 fully saturated rings. The van der Waals surface area contributed by atoms with Gasteiger partial charge in [-0.2, -0.15) is 5.10 Å². The van der Waals surface area contributed by atoms with Gasteiger partial charge in [-0.1, -0.05) is 13.8 Å². The molecule has 0 aliphatic carbocycles. The lowest BCUT2D eigenvalue weighted by atomic mass is 10.4. The van der Waals surface area contributed by atoms with Gasteiger partial charge in [-0.3, -0.25) is 4.68 Å². The Morgan fingerprint density at radius 1 is 1.33 bits per heavy atom. The molecule has 0 atom stereocenters. The van der Waals surface area contributed by atoms with Crippen LogP contribution in [0.1, 0.15) is 20.8 Å². The first-order valence-electron chi connectivity index (χ1n) is 4.90. The highest BCUT2D eigenvalue weighted by Crippen LogP contribution is 2.25. The molecule has 0 spiro atoms. The Morgan fingerprint density at radius 3 is 2.60 bits per heavy atom. The van der Waals surface area contributed by atoms with Crippen molar-refractivity contribution in [2.75, 3.05) is 0 Å². The Balaban J connectivity index is 0.000000531. The maximum Gasteiger partial charge on any atom is 0.111 e. The number of pyridine rings is 1. The zero-order valence-corrected chi connectivity index (χ0v) is 12.1. The van der Waals surface area contributed by atoms with E-state index in [0.717, 1.165) is 26.7 Å². The number of aromatic nitrogens is 3. The molecule has 5 heteroatoms. The summed E-state index contributed by atoms with van der Waals surface area (Å²) in [7, 11) is 0. The van der Waals surface area contributed by atoms with Gasteiger partial charge in [0.05, 0.1) is 6.20 Å². The summed E-state index contributed by atoms with van der Waals surface area (Å²) in [5.74, 6) is 0. The smallest absolute Gasteiger partial charge is 0.111 e. The number of fused-ring (bicyclic) bond motifs is 1. The van der Waals surface area contributed by atoms with E-state index in [1.165, 1.54) is 0 Å². The highest BCUT2D eigenvalue weighted by atomic mass is 79.9. The van der Waals surface area contributed by atoms with Crippen LogP contribution in [0, 0.1) is 0 Å². The summed E-state index contributed by atoms with van der Waals surface area (Å²) in [5, 5.41) is 4.22. The molecule has 2 rings (SSSR count). The van der Waals surface area contributed by atoms with Crippen molar-refractivity contribution in [3.8, 4) is 0 Å². The Hall–Kier alpha value is -0.420. The first kappa shape index (κ1) is 12.6. The van der Waals surface area contributed by atoms with Crippen LogP contribution in [0.3, 0.4) is 0 Å². The molecule has 0 saturated carbocycles. The second kappa shape index (κ2) is 5.61. The van der Waals surface area contributed by atoms with Crippen molar-refractivity contribution in [3.63, 3.8) is 0 Å². The van der Waals surface area contributed by atoms with Crippen LogP contribution in [0.5, 0.6) is 0 Å². The van der Waals surface area contributed by atoms with Gasteiger partial charge in [-0.25, -0.2) is 4.98 Å². The van der Waals surface area contributed by atoms with E-state index in [1.54, 1.807) is 6.20 Å². The molecule has 82 valence electrons. The number of hydrogen-bond acceptors (Lipinski definition) is 2. The van der Waals surface area contributed by atoms with Crippen molar-refractivity contribution >= 4 is 42.9 Å². The van der Waals surface area contributed by atoms with Crippen LogP contribution >= 0.6 is 31.9 Å². The Labute approximate surface area is 106 Å². The van der Waals surface area contributed by atoms with Crippen molar-refractivity contribution < 1.29 is 0 Å². The minimum absolute atomic E-state index is 0.822. The molecule has 0 saturated heterocycles. The minimum atomic E-state index is 0.822. The number of nitrogens with zero attached hydrogens (tertiary/aromatic N) is 3. The third-order valence-corrected chi connectivity index (χ3v) is 2.83. The number of halogens is 2. The fourth-order valence-corrected chi connectivity index (χ4v) is 2.61. The van der Waals surface area contributed by atoms with Crippen molar-refractivity contribution in [2.45, 2.75) is 27.3 Å². The molecular weight excluding hydrogens is 322 g/mol. The van der Waals surface area contributed by atoms with Crippen LogP contribution in [-0.4, -0.2) is 14.8 Å². The largest absolute Gasteiger partial charge is 0.262 e. The first-order chi connectivity index (χ1) is 7.22. The molecule has 0 aromatic carbocycles. The molecule has 0 amide bonds. The van der Waals surface area contributed by atoms with Crippen LogP contribution < -0.4 is 0 Å². The highest BCUT2D eigenvalue weighted by Gasteiger charge is 2.07. The molecular formula is C10H13Br2N3. The summed E-state index contributed by atoms with van der Waals surface area (Å²) < 4.78 is 3.75. The lowest BCUT2D eigenvalue weighted by molar-refractivity contribution is 0.683. The van der Waals surface area contributed by atoms with Crippen molar-refractivity contribution in [1.82, 2.24) is 14.8 Å². The maximum atomic E-state index is 4.31. The summed E-state index contributed by atoms with van der Waals surface area (Å²) in [5.41, 5.74) is 1.95. The second-order valence-corrected chi connectivity index (χ2v) is 4.29. The molecule has 0 bridgehead atoms. The van der Waals surface area contributed by atoms with Crippen LogP contribution in [-0.2, 0) is 6.54 Å². The number of aryl methyl sites for hydroxylation is 1. The summed E-state index contributed by atoms with van der Waals surface area (Å²) in [6, 6.07) is 1.93. The summed E-state index contributed by atoms with van der Waals surface area (Å²) in [4.78, 5) is 4.31. The van der Waals surface area contributed by atoms with Gasteiger partial charge in [0.1, 0.15) is 15.6 Å². The predicted molar refractivity (Wildman–Crippen MR) is 70.0 cm³/mol. The molecule has 0 radical (unpaired) electrons. The van der Waals surface area contributed by atoms with Crippen molar-refractivity contribution in [1.29, 1.82) is 0 Å². The van der Waals surface area contributed by atoms with Gasteiger partial charge in [0.15, 0.2) is 0 Å². The van der Waals surface area contributed by atoms with E-state index in [0.29, 0.717) is 0 Å². The molecule has 2 heterocycles. The molecule has 3 nitrogen and oxygen atoms in total. The third-order valence-electron chi connectivity index (χ3n) is 1.82. The van der Waals surface area contributed by atoms with E-state index in [4.69, 9.17) is 0 Å². The van der Waals surface area contributed by atoms with Crippen LogP contribution in [0.4, 0.5) is 0 Å². The van der Waals surface area contributed by atoms with Crippen molar-refractivity contribution in [3.05, 3.63) is 21.3 Å². The average Bonchev–Trinajstić information content (AvgIpc) is 2.63. The van der Waals surface area contributed by atoms with E-state index >= 15 is 0 Å². The van der Waals surface area contributed by atoms with Crippen LogP contribution in [0.2, 0.25) is 0 Å². The summed E-state index contributed by atoms with van der Waals surface area (Å²) >= 11 is 6.82. The standard InChI is InChI=1S/C8H7Br2N3.C2H6/c1-2-13-8-5(9)3-7(10)12-6(8)4-11-13;1-2/h3-4H,2H2,1H3;1-2H3. The minimum Gasteiger partial charge on any atom is -0.262 e. The quantitative estimate of drug-likeness (QED) is 0.738. The second-order valence-electron chi connectivity index (χ2n) is 2.62. The summed E-state index contributed by atoms with van der Waals surface area (Å²) in [6.45, 7) is 6.91. The average molecular weight is 335 g/mol. The van der Waals surface area contributed by atoms with Gasteiger partial charge in [0.25, 0.3) is 0 Å². The SMILES string of the molecule is CC.CCn1ncc2nc(Br)cc(Br)c21. The lowest BCUT2D eigenvalue weighted by Crippen LogP contribution is -1.96. The van der Waals surface area contributed by atoms with Gasteiger partial charge >= 0.3 is 0 Å². The first-order valence-corrected chi connectivity index (χ1v) is 6.48. The fraction of sp³-hybridized carbons (Fsp3) is 0.400. The molecule has 15 heavy (non-hydrogen) atoms. The highest BCUT2D eigenvalue weighted by molar-refractivity contribution is 9.11. The Morgan fingerprint density at radius 2 is 2.00 bits per heavy atom. The molecule has 0 unspecified atom stereocenters. The molecule has 2 aromatic heterocycles. The predicted octanol–water partition coefficient (Wildman–Crippen LogP) is 4.00. The lowest BCUT2D eigenvalue weighted by Gasteiger charge is -2.00. The molecule has 2 aromatic rings. The third kappa shape index (κ3) is 2.58. The van der Waals surface area contributed by atoms with E-state index in [2.05, 4.69) is 48.9 Å². The molecule has 0 N–H and O–H groups in total. The van der Waals surface area contributed by atoms with Crippen molar-refractivity contribution in [2.24, 2.45) is 0 Å². The molecule has 0 aliphatic heterocycles. The maximum absolute atomic E-state index is 4.31. The number of hydrogen-bond donors (Lipinski definition) is 0. The zero-order chi connectivity index (χ0) is 11.4. The van der Waals surface area contributed by atoms with Gasteiger partial charge in [0.2, 0.25) is 0 Å².